The second-order valence-electron chi connectivity index (χ2n) is 6.00. The number of rotatable bonds is 7. The number of ether oxygens (including phenoxy) is 1. The molecule has 1 aromatic rings. The van der Waals surface area contributed by atoms with Crippen LogP contribution in [0.3, 0.4) is 0 Å². The number of nitrogens with one attached hydrogen (secondary N) is 1. The fraction of sp³-hybridized carbons (Fsp3) is 0.706. The van der Waals surface area contributed by atoms with E-state index in [9.17, 15) is 0 Å². The number of hydrogen-bond donors (Lipinski definition) is 2. The molecule has 0 bridgehead atoms. The lowest BCUT2D eigenvalue weighted by Crippen LogP contribution is -2.30. The number of aromatic nitrogens is 1. The van der Waals surface area contributed by atoms with Gasteiger partial charge in [-0.15, -0.1) is 0 Å². The fourth-order valence-corrected chi connectivity index (χ4v) is 3.13. The SMILES string of the molecule is CCCOc1nc(NC(CC)C2CCCCC2)ccc1N. The molecule has 1 aromatic heterocycles. The third-order valence-electron chi connectivity index (χ3n) is 4.32. The molecule has 0 saturated heterocycles. The molecule has 1 fully saturated rings. The topological polar surface area (TPSA) is 60.2 Å². The summed E-state index contributed by atoms with van der Waals surface area (Å²) in [6.07, 6.45) is 8.87. The van der Waals surface area contributed by atoms with Gasteiger partial charge in [0.05, 0.1) is 12.3 Å². The molecule has 4 nitrogen and oxygen atoms in total. The number of anilines is 2. The predicted octanol–water partition coefficient (Wildman–Crippen LogP) is 4.22. The molecule has 118 valence electrons. The van der Waals surface area contributed by atoms with Crippen LogP contribution in [0.15, 0.2) is 12.1 Å². The lowest BCUT2D eigenvalue weighted by atomic mass is 9.83. The smallest absolute Gasteiger partial charge is 0.239 e. The third kappa shape index (κ3) is 4.51. The molecule has 1 heterocycles. The lowest BCUT2D eigenvalue weighted by molar-refractivity contribution is 0.304. The Labute approximate surface area is 128 Å². The van der Waals surface area contributed by atoms with Crippen molar-refractivity contribution < 1.29 is 4.74 Å². The van der Waals surface area contributed by atoms with Crippen LogP contribution in [-0.4, -0.2) is 17.6 Å². The van der Waals surface area contributed by atoms with Gasteiger partial charge in [0, 0.05) is 6.04 Å². The number of nitrogens with zero attached hydrogens (tertiary/aromatic N) is 1. The Morgan fingerprint density at radius 2 is 2.05 bits per heavy atom. The number of nitrogen functional groups attached to an aromatic ring is 1. The Morgan fingerprint density at radius 3 is 2.71 bits per heavy atom. The second-order valence-corrected chi connectivity index (χ2v) is 6.00. The van der Waals surface area contributed by atoms with Crippen LogP contribution in [0.1, 0.15) is 58.8 Å². The Morgan fingerprint density at radius 1 is 1.29 bits per heavy atom. The average Bonchev–Trinajstić information content (AvgIpc) is 2.53. The Bertz CT molecular complexity index is 430. The Kier molecular flexibility index (Phi) is 6.15. The van der Waals surface area contributed by atoms with E-state index in [1.807, 2.05) is 12.1 Å². The molecule has 0 amide bonds. The molecular formula is C17H29N3O. The molecule has 21 heavy (non-hydrogen) atoms. The van der Waals surface area contributed by atoms with Crippen LogP contribution < -0.4 is 15.8 Å². The molecule has 2 rings (SSSR count). The van der Waals surface area contributed by atoms with Gasteiger partial charge >= 0.3 is 0 Å². The van der Waals surface area contributed by atoms with Crippen LogP contribution in [-0.2, 0) is 0 Å². The van der Waals surface area contributed by atoms with Crippen LogP contribution in [0.25, 0.3) is 0 Å². The number of nitrogens with two attached hydrogens (primary N) is 1. The van der Waals surface area contributed by atoms with Gasteiger partial charge in [-0.05, 0) is 43.7 Å². The van der Waals surface area contributed by atoms with Gasteiger partial charge in [0.2, 0.25) is 5.88 Å². The van der Waals surface area contributed by atoms with Crippen LogP contribution >= 0.6 is 0 Å². The van der Waals surface area contributed by atoms with Gasteiger partial charge in [-0.2, -0.15) is 4.98 Å². The standard InChI is InChI=1S/C17H29N3O/c1-3-12-21-17-14(18)10-11-16(20-17)19-15(4-2)13-8-6-5-7-9-13/h10-11,13,15H,3-9,12,18H2,1-2H3,(H,19,20). The molecule has 1 aliphatic carbocycles. The van der Waals surface area contributed by atoms with E-state index in [4.69, 9.17) is 10.5 Å². The second kappa shape index (κ2) is 8.11. The highest BCUT2D eigenvalue weighted by Crippen LogP contribution is 2.30. The van der Waals surface area contributed by atoms with Gasteiger partial charge in [0.25, 0.3) is 0 Å². The van der Waals surface area contributed by atoms with E-state index in [1.165, 1.54) is 32.1 Å². The molecule has 3 N–H and O–H groups in total. The van der Waals surface area contributed by atoms with E-state index in [-0.39, 0.29) is 0 Å². The van der Waals surface area contributed by atoms with Gasteiger partial charge in [-0.3, -0.25) is 0 Å². The van der Waals surface area contributed by atoms with E-state index in [1.54, 1.807) is 0 Å². The normalized spacial score (nSPS) is 17.4. The highest BCUT2D eigenvalue weighted by Gasteiger charge is 2.22. The first-order valence-corrected chi connectivity index (χ1v) is 8.40. The highest BCUT2D eigenvalue weighted by molar-refractivity contribution is 5.53. The van der Waals surface area contributed by atoms with Crippen LogP contribution in [0.2, 0.25) is 0 Å². The average molecular weight is 291 g/mol. The largest absolute Gasteiger partial charge is 0.476 e. The molecule has 0 aromatic carbocycles. The predicted molar refractivity (Wildman–Crippen MR) is 88.7 cm³/mol. The van der Waals surface area contributed by atoms with Gasteiger partial charge in [0.1, 0.15) is 5.82 Å². The summed E-state index contributed by atoms with van der Waals surface area (Å²) < 4.78 is 5.61. The van der Waals surface area contributed by atoms with Crippen molar-refractivity contribution in [2.24, 2.45) is 5.92 Å². The summed E-state index contributed by atoms with van der Waals surface area (Å²) in [5, 5.41) is 3.60. The van der Waals surface area contributed by atoms with E-state index < -0.39 is 0 Å². The van der Waals surface area contributed by atoms with Gasteiger partial charge in [-0.1, -0.05) is 33.1 Å². The van der Waals surface area contributed by atoms with E-state index in [2.05, 4.69) is 24.1 Å². The van der Waals surface area contributed by atoms with Crippen molar-refractivity contribution in [3.63, 3.8) is 0 Å². The van der Waals surface area contributed by atoms with Crippen molar-refractivity contribution in [3.05, 3.63) is 12.1 Å². The first-order valence-electron chi connectivity index (χ1n) is 8.40. The van der Waals surface area contributed by atoms with Crippen molar-refractivity contribution in [1.29, 1.82) is 0 Å². The first-order chi connectivity index (χ1) is 10.2. The van der Waals surface area contributed by atoms with Crippen LogP contribution in [0, 0.1) is 5.92 Å². The maximum Gasteiger partial charge on any atom is 0.239 e. The molecule has 1 saturated carbocycles. The minimum atomic E-state index is 0.500. The minimum absolute atomic E-state index is 0.500. The summed E-state index contributed by atoms with van der Waals surface area (Å²) in [5.74, 6) is 2.20. The number of hydrogen-bond acceptors (Lipinski definition) is 4. The summed E-state index contributed by atoms with van der Waals surface area (Å²) in [5.41, 5.74) is 6.53. The Hall–Kier alpha value is -1.45. The maximum absolute atomic E-state index is 5.92. The minimum Gasteiger partial charge on any atom is -0.476 e. The highest BCUT2D eigenvalue weighted by atomic mass is 16.5. The molecule has 0 spiro atoms. The van der Waals surface area contributed by atoms with Gasteiger partial charge in [-0.25, -0.2) is 0 Å². The number of pyridine rings is 1. The molecule has 4 heteroatoms. The summed E-state index contributed by atoms with van der Waals surface area (Å²) in [4.78, 5) is 4.53. The molecular weight excluding hydrogens is 262 g/mol. The third-order valence-corrected chi connectivity index (χ3v) is 4.32. The zero-order valence-electron chi connectivity index (χ0n) is 13.4. The zero-order valence-corrected chi connectivity index (χ0v) is 13.4. The van der Waals surface area contributed by atoms with Crippen molar-refractivity contribution in [2.45, 2.75) is 64.8 Å². The van der Waals surface area contributed by atoms with Crippen molar-refractivity contribution >= 4 is 11.5 Å². The van der Waals surface area contributed by atoms with Gasteiger partial charge in [0.15, 0.2) is 0 Å². The van der Waals surface area contributed by atoms with Crippen LogP contribution in [0.5, 0.6) is 5.88 Å². The fourth-order valence-electron chi connectivity index (χ4n) is 3.13. The summed E-state index contributed by atoms with van der Waals surface area (Å²) in [7, 11) is 0. The van der Waals surface area contributed by atoms with Crippen LogP contribution in [0.4, 0.5) is 11.5 Å². The van der Waals surface area contributed by atoms with E-state index in [0.717, 1.165) is 24.6 Å². The monoisotopic (exact) mass is 291 g/mol. The molecule has 1 unspecified atom stereocenters. The quantitative estimate of drug-likeness (QED) is 0.789. The van der Waals surface area contributed by atoms with E-state index >= 15 is 0 Å². The van der Waals surface area contributed by atoms with E-state index in [0.29, 0.717) is 24.2 Å². The van der Waals surface area contributed by atoms with Crippen molar-refractivity contribution in [2.75, 3.05) is 17.7 Å². The van der Waals surface area contributed by atoms with Crippen molar-refractivity contribution in [1.82, 2.24) is 4.98 Å². The summed E-state index contributed by atoms with van der Waals surface area (Å²) >= 11 is 0. The molecule has 1 atom stereocenters. The Balaban J connectivity index is 2.02. The first kappa shape index (κ1) is 15.9. The zero-order chi connectivity index (χ0) is 15.1. The summed E-state index contributed by atoms with van der Waals surface area (Å²) in [6, 6.07) is 4.34. The lowest BCUT2D eigenvalue weighted by Gasteiger charge is -2.30. The maximum atomic E-state index is 5.92. The summed E-state index contributed by atoms with van der Waals surface area (Å²) in [6.45, 7) is 4.98. The van der Waals surface area contributed by atoms with Gasteiger partial charge < -0.3 is 15.8 Å². The molecule has 1 aliphatic rings. The molecule has 0 aliphatic heterocycles. The molecule has 0 radical (unpaired) electrons. The van der Waals surface area contributed by atoms with Crippen molar-refractivity contribution in [3.8, 4) is 5.88 Å².